The molecule has 2 aliphatic heterocycles. The van der Waals surface area contributed by atoms with Crippen LogP contribution in [0.5, 0.6) is 0 Å². The van der Waals surface area contributed by atoms with Crippen molar-refractivity contribution in [2.75, 3.05) is 26.2 Å². The molecule has 0 saturated carbocycles. The topological polar surface area (TPSA) is 96.8 Å². The predicted molar refractivity (Wildman–Crippen MR) is 113 cm³/mol. The molecule has 0 aliphatic carbocycles. The second-order valence-electron chi connectivity index (χ2n) is 8.00. The van der Waals surface area contributed by atoms with Gasteiger partial charge in [0.15, 0.2) is 5.69 Å². The van der Waals surface area contributed by atoms with E-state index in [1.165, 1.54) is 15.9 Å². The van der Waals surface area contributed by atoms with E-state index in [1.807, 2.05) is 0 Å². The molecule has 1 N–H and O–H groups in total. The van der Waals surface area contributed by atoms with Crippen LogP contribution in [-0.2, 0) is 35.4 Å². The van der Waals surface area contributed by atoms with Gasteiger partial charge in [-0.15, -0.1) is 0 Å². The molecule has 13 heteroatoms. The summed E-state index contributed by atoms with van der Waals surface area (Å²) < 4.78 is 45.8. The minimum Gasteiger partial charge on any atom is -0.445 e. The summed E-state index contributed by atoms with van der Waals surface area (Å²) in [5.41, 5.74) is -0.0144. The van der Waals surface area contributed by atoms with Crippen LogP contribution in [0, 0.1) is 0 Å². The Morgan fingerprint density at radius 1 is 1.09 bits per heavy atom. The number of carbonyl (C=O) groups excluding carboxylic acids is 3. The van der Waals surface area contributed by atoms with Crippen LogP contribution in [0.4, 0.5) is 18.0 Å². The summed E-state index contributed by atoms with van der Waals surface area (Å²) in [5.74, 6) is -0.609. The molecule has 2 aliphatic rings. The summed E-state index contributed by atoms with van der Waals surface area (Å²) in [6.07, 6.45) is -4.73. The third-order valence-electron chi connectivity index (χ3n) is 5.46. The lowest BCUT2D eigenvalue weighted by Gasteiger charge is -2.25. The van der Waals surface area contributed by atoms with Gasteiger partial charge in [0, 0.05) is 31.2 Å². The Kier molecular flexibility index (Phi) is 6.69. The summed E-state index contributed by atoms with van der Waals surface area (Å²) in [4.78, 5) is 39.7. The number of nitrogens with one attached hydrogen (secondary N) is 1. The summed E-state index contributed by atoms with van der Waals surface area (Å²) >= 11 is 5.78. The lowest BCUT2D eigenvalue weighted by molar-refractivity contribution is -0.137. The molecule has 4 rings (SSSR count). The average Bonchev–Trinajstić information content (AvgIpc) is 3.07. The van der Waals surface area contributed by atoms with Gasteiger partial charge < -0.3 is 19.9 Å². The number of alkyl halides is 3. The van der Waals surface area contributed by atoms with Crippen LogP contribution in [0.25, 0.3) is 0 Å². The number of aromatic nitrogens is 2. The molecule has 0 atom stereocenters. The zero-order chi connectivity index (χ0) is 24.5. The zero-order valence-electron chi connectivity index (χ0n) is 17.9. The van der Waals surface area contributed by atoms with Crippen LogP contribution >= 0.6 is 11.6 Å². The molecular formula is C21H21ClF3N5O4. The molecule has 0 bridgehead atoms. The molecule has 1 aromatic heterocycles. The molecule has 34 heavy (non-hydrogen) atoms. The number of carbonyl (C=O) groups is 3. The average molecular weight is 500 g/mol. The molecular weight excluding hydrogens is 479 g/mol. The molecule has 2 aromatic rings. The highest BCUT2D eigenvalue weighted by atomic mass is 35.5. The minimum atomic E-state index is -4.57. The molecule has 0 radical (unpaired) electrons. The number of amides is 3. The van der Waals surface area contributed by atoms with E-state index in [0.29, 0.717) is 38.3 Å². The van der Waals surface area contributed by atoms with Gasteiger partial charge in [-0.3, -0.25) is 14.3 Å². The number of piperazine rings is 1. The van der Waals surface area contributed by atoms with Crippen molar-refractivity contribution in [2.24, 2.45) is 0 Å². The van der Waals surface area contributed by atoms with Gasteiger partial charge >= 0.3 is 12.3 Å². The van der Waals surface area contributed by atoms with Crippen molar-refractivity contribution < 1.29 is 32.3 Å². The van der Waals surface area contributed by atoms with Gasteiger partial charge in [0.1, 0.15) is 6.61 Å². The monoisotopic (exact) mass is 499 g/mol. The first kappa shape index (κ1) is 23.9. The van der Waals surface area contributed by atoms with Gasteiger partial charge in [-0.2, -0.15) is 18.3 Å². The van der Waals surface area contributed by atoms with Crippen LogP contribution in [0.3, 0.4) is 0 Å². The van der Waals surface area contributed by atoms with Gasteiger partial charge in [0.05, 0.1) is 24.3 Å². The Hall–Kier alpha value is -3.28. The second kappa shape index (κ2) is 9.53. The first-order valence-electron chi connectivity index (χ1n) is 10.5. The molecule has 182 valence electrons. The predicted octanol–water partition coefficient (Wildman–Crippen LogP) is 2.67. The lowest BCUT2D eigenvalue weighted by Crippen LogP contribution is -2.50. The number of fused-ring (bicyclic) bond motifs is 1. The van der Waals surface area contributed by atoms with Gasteiger partial charge in [-0.1, -0.05) is 11.6 Å². The van der Waals surface area contributed by atoms with Crippen molar-refractivity contribution in [2.45, 2.75) is 32.3 Å². The molecule has 9 nitrogen and oxygen atoms in total. The van der Waals surface area contributed by atoms with E-state index in [1.54, 1.807) is 10.7 Å². The normalized spacial score (nSPS) is 16.5. The van der Waals surface area contributed by atoms with Crippen molar-refractivity contribution in [3.8, 4) is 0 Å². The van der Waals surface area contributed by atoms with Crippen molar-refractivity contribution in [3.63, 3.8) is 0 Å². The molecule has 1 saturated heterocycles. The standard InChI is InChI=1S/C21H21ClF3N5O4/c22-15-7-13(6-14(8-15)21(23,24)25)12-34-20(33)29-3-1-4-30-16(10-29)9-17(27-30)19(32)28-5-2-26-18(31)11-28/h6-9H,1-5,10-12H2,(H,26,31). The number of hydrogen-bond acceptors (Lipinski definition) is 5. The molecule has 1 fully saturated rings. The molecule has 3 heterocycles. The van der Waals surface area contributed by atoms with E-state index in [4.69, 9.17) is 16.3 Å². The summed E-state index contributed by atoms with van der Waals surface area (Å²) in [7, 11) is 0. The fourth-order valence-electron chi connectivity index (χ4n) is 3.83. The first-order chi connectivity index (χ1) is 16.1. The number of hydrogen-bond donors (Lipinski definition) is 1. The third kappa shape index (κ3) is 5.44. The van der Waals surface area contributed by atoms with Gasteiger partial charge in [-0.25, -0.2) is 4.79 Å². The van der Waals surface area contributed by atoms with E-state index in [9.17, 15) is 27.6 Å². The fraction of sp³-hybridized carbons (Fsp3) is 0.429. The van der Waals surface area contributed by atoms with Crippen molar-refractivity contribution in [1.82, 2.24) is 24.9 Å². The SMILES string of the molecule is O=C1CN(C(=O)c2cc3n(n2)CCCN(C(=O)OCc2cc(Cl)cc(C(F)(F)F)c2)C3)CCN1. The van der Waals surface area contributed by atoms with Crippen molar-refractivity contribution >= 4 is 29.5 Å². The van der Waals surface area contributed by atoms with E-state index in [0.717, 1.165) is 12.1 Å². The Balaban J connectivity index is 1.41. The zero-order valence-corrected chi connectivity index (χ0v) is 18.7. The van der Waals surface area contributed by atoms with Gasteiger partial charge in [0.2, 0.25) is 5.91 Å². The maximum absolute atomic E-state index is 13.0. The van der Waals surface area contributed by atoms with Crippen LogP contribution in [0.15, 0.2) is 24.3 Å². The van der Waals surface area contributed by atoms with E-state index >= 15 is 0 Å². The quantitative estimate of drug-likeness (QED) is 0.700. The van der Waals surface area contributed by atoms with Crippen molar-refractivity contribution in [3.05, 3.63) is 51.8 Å². The third-order valence-corrected chi connectivity index (χ3v) is 5.68. The number of aryl methyl sites for hydroxylation is 1. The second-order valence-corrected chi connectivity index (χ2v) is 8.43. The Morgan fingerprint density at radius 3 is 2.62 bits per heavy atom. The number of rotatable bonds is 3. The number of nitrogens with zero attached hydrogens (tertiary/aromatic N) is 4. The first-order valence-corrected chi connectivity index (χ1v) is 10.9. The molecule has 1 aromatic carbocycles. The summed E-state index contributed by atoms with van der Waals surface area (Å²) in [5, 5.41) is 6.88. The molecule has 0 spiro atoms. The van der Waals surface area contributed by atoms with Crippen LogP contribution < -0.4 is 5.32 Å². The molecule has 3 amide bonds. The summed E-state index contributed by atoms with van der Waals surface area (Å²) in [6.45, 7) is 1.26. The van der Waals surface area contributed by atoms with Gasteiger partial charge in [-0.05, 0) is 36.2 Å². The number of ether oxygens (including phenoxy) is 1. The maximum atomic E-state index is 13.0. The minimum absolute atomic E-state index is 0.0426. The highest BCUT2D eigenvalue weighted by molar-refractivity contribution is 6.30. The van der Waals surface area contributed by atoms with Gasteiger partial charge in [0.25, 0.3) is 5.91 Å². The Labute approximate surface area is 197 Å². The summed E-state index contributed by atoms with van der Waals surface area (Å²) in [6, 6.07) is 4.57. The number of halogens is 4. The molecule has 0 unspecified atom stereocenters. The van der Waals surface area contributed by atoms with Crippen molar-refractivity contribution in [1.29, 1.82) is 0 Å². The van der Waals surface area contributed by atoms with Crippen LogP contribution in [0.1, 0.15) is 33.7 Å². The number of benzene rings is 1. The van der Waals surface area contributed by atoms with E-state index in [-0.39, 0.29) is 47.8 Å². The highest BCUT2D eigenvalue weighted by Crippen LogP contribution is 2.32. The van der Waals surface area contributed by atoms with E-state index in [2.05, 4.69) is 10.4 Å². The maximum Gasteiger partial charge on any atom is 0.416 e. The Morgan fingerprint density at radius 2 is 1.88 bits per heavy atom. The largest absolute Gasteiger partial charge is 0.445 e. The smallest absolute Gasteiger partial charge is 0.416 e. The lowest BCUT2D eigenvalue weighted by atomic mass is 10.1. The van der Waals surface area contributed by atoms with Crippen LogP contribution in [-0.4, -0.2) is 63.7 Å². The van der Waals surface area contributed by atoms with E-state index < -0.39 is 17.8 Å². The highest BCUT2D eigenvalue weighted by Gasteiger charge is 2.31. The fourth-order valence-corrected chi connectivity index (χ4v) is 4.09. The van der Waals surface area contributed by atoms with Crippen LogP contribution in [0.2, 0.25) is 5.02 Å². The Bertz CT molecular complexity index is 1120.